The summed E-state index contributed by atoms with van der Waals surface area (Å²) >= 11 is 0. The van der Waals surface area contributed by atoms with E-state index in [0.29, 0.717) is 0 Å². The van der Waals surface area contributed by atoms with Crippen molar-refractivity contribution in [2.45, 2.75) is 0 Å². The Kier molecular flexibility index (Phi) is 6.68. The summed E-state index contributed by atoms with van der Waals surface area (Å²) in [6.45, 7) is 0.0744. The van der Waals surface area contributed by atoms with Gasteiger partial charge in [-0.05, 0) is 122 Å². The molecule has 6 heterocycles. The molecule has 12 aromatic rings. The van der Waals surface area contributed by atoms with Gasteiger partial charge in [-0.2, -0.15) is 0 Å². The van der Waals surface area contributed by atoms with E-state index in [4.69, 9.17) is 4.74 Å². The number of nitrogens with zero attached hydrogens (tertiary/aromatic N) is 3. The molecule has 0 saturated heterocycles. The Morgan fingerprint density at radius 1 is 0.318 bits per heavy atom. The van der Waals surface area contributed by atoms with Crippen LogP contribution in [-0.4, -0.2) is 22.6 Å². The molecule has 0 N–H and O–H groups in total. The van der Waals surface area contributed by atoms with Crippen LogP contribution in [0, 0.1) is 0 Å². The van der Waals surface area contributed by atoms with Crippen molar-refractivity contribution in [1.82, 2.24) is 9.13 Å². The van der Waals surface area contributed by atoms with Gasteiger partial charge in [0.15, 0.2) is 0 Å². The van der Waals surface area contributed by atoms with Gasteiger partial charge in [0.2, 0.25) is 0 Å². The molecule has 0 radical (unpaired) electrons. The van der Waals surface area contributed by atoms with Gasteiger partial charge in [-0.25, -0.2) is 0 Å². The Hall–Kier alpha value is -8.47. The summed E-state index contributed by atoms with van der Waals surface area (Å²) in [6.07, 6.45) is 0. The first-order chi connectivity index (χ1) is 32.8. The Morgan fingerprint density at radius 3 is 1.52 bits per heavy atom. The molecule has 6 heteroatoms. The minimum atomic E-state index is 0.0309. The summed E-state index contributed by atoms with van der Waals surface area (Å²) < 4.78 is 12.0. The van der Waals surface area contributed by atoms with Crippen LogP contribution in [0.2, 0.25) is 0 Å². The summed E-state index contributed by atoms with van der Waals surface area (Å²) in [5, 5.41) is 5.04. The van der Waals surface area contributed by atoms with Crippen molar-refractivity contribution in [1.29, 1.82) is 0 Å². The van der Waals surface area contributed by atoms with E-state index in [2.05, 4.69) is 226 Å². The van der Waals surface area contributed by atoms with Gasteiger partial charge < -0.3 is 18.8 Å². The first-order valence-corrected chi connectivity index (χ1v) is 23.0. The van der Waals surface area contributed by atoms with Crippen molar-refractivity contribution in [3.8, 4) is 45.1 Å². The number of aromatic nitrogens is 2. The highest BCUT2D eigenvalue weighted by Gasteiger charge is 2.44. The highest BCUT2D eigenvalue weighted by atomic mass is 16.5. The Bertz CT molecular complexity index is 4100. The van der Waals surface area contributed by atoms with Crippen LogP contribution in [0.3, 0.4) is 0 Å². The molecule has 4 nitrogen and oxygen atoms in total. The number of para-hydroxylation sites is 3. The average molecular weight is 836 g/mol. The molecule has 4 aliphatic heterocycles. The predicted molar refractivity (Wildman–Crippen MR) is 277 cm³/mol. The number of fused-ring (bicyclic) bond motifs is 16. The van der Waals surface area contributed by atoms with E-state index in [1.54, 1.807) is 0 Å². The number of ether oxygens (including phenoxy) is 1. The molecule has 0 unspecified atom stereocenters. The zero-order valence-corrected chi connectivity index (χ0v) is 35.6. The molecule has 0 spiro atoms. The van der Waals surface area contributed by atoms with Crippen LogP contribution in [0.4, 0.5) is 17.1 Å². The number of hydrogen-bond acceptors (Lipinski definition) is 2. The van der Waals surface area contributed by atoms with Gasteiger partial charge in [0.25, 0.3) is 13.4 Å². The second-order valence-electron chi connectivity index (χ2n) is 18.3. The van der Waals surface area contributed by atoms with Gasteiger partial charge >= 0.3 is 0 Å². The van der Waals surface area contributed by atoms with Gasteiger partial charge in [-0.15, -0.1) is 0 Å². The maximum Gasteiger partial charge on any atom is 0.256 e. The van der Waals surface area contributed by atoms with Gasteiger partial charge in [0, 0.05) is 50.0 Å². The maximum atomic E-state index is 6.81. The van der Waals surface area contributed by atoms with Gasteiger partial charge in [-0.3, -0.25) is 0 Å². The van der Waals surface area contributed by atoms with Crippen molar-refractivity contribution in [3.05, 3.63) is 212 Å². The largest absolute Gasteiger partial charge is 0.458 e. The van der Waals surface area contributed by atoms with Crippen LogP contribution < -0.4 is 42.4 Å². The molecule has 0 atom stereocenters. The third-order valence-corrected chi connectivity index (χ3v) is 15.1. The summed E-state index contributed by atoms with van der Waals surface area (Å²) in [6, 6.07) is 78.8. The lowest BCUT2D eigenvalue weighted by Crippen LogP contribution is -2.60. The summed E-state index contributed by atoms with van der Waals surface area (Å²) in [7, 11) is 0. The third-order valence-electron chi connectivity index (χ3n) is 15.1. The molecule has 10 aromatic carbocycles. The van der Waals surface area contributed by atoms with E-state index in [0.717, 1.165) is 17.2 Å². The third kappa shape index (κ3) is 4.41. The van der Waals surface area contributed by atoms with Gasteiger partial charge in [0.1, 0.15) is 11.5 Å². The van der Waals surface area contributed by atoms with E-state index in [1.807, 2.05) is 0 Å². The lowest BCUT2D eigenvalue weighted by molar-refractivity contribution is 0.488. The van der Waals surface area contributed by atoms with Crippen molar-refractivity contribution >= 4 is 107 Å². The fourth-order valence-corrected chi connectivity index (χ4v) is 12.5. The van der Waals surface area contributed by atoms with Gasteiger partial charge in [0.05, 0.1) is 22.1 Å². The molecule has 66 heavy (non-hydrogen) atoms. The van der Waals surface area contributed by atoms with Crippen LogP contribution in [0.15, 0.2) is 212 Å². The molecule has 0 aliphatic carbocycles. The van der Waals surface area contributed by atoms with Crippen LogP contribution in [0.5, 0.6) is 11.5 Å². The predicted octanol–water partition coefficient (Wildman–Crippen LogP) is 10.8. The highest BCUT2D eigenvalue weighted by Crippen LogP contribution is 2.46. The Balaban J connectivity index is 1.04. The number of rotatable bonds is 3. The Labute approximate surface area is 381 Å². The average Bonchev–Trinajstić information content (AvgIpc) is 3.89. The summed E-state index contributed by atoms with van der Waals surface area (Å²) in [5.74, 6) is 1.86. The first kappa shape index (κ1) is 34.9. The maximum absolute atomic E-state index is 6.81. The zero-order valence-electron chi connectivity index (χ0n) is 35.6. The number of anilines is 3. The van der Waals surface area contributed by atoms with Crippen molar-refractivity contribution < 1.29 is 4.74 Å². The van der Waals surface area contributed by atoms with Crippen LogP contribution in [0.1, 0.15) is 0 Å². The molecular weight excluding hydrogens is 800 g/mol. The molecule has 0 fully saturated rings. The van der Waals surface area contributed by atoms with Crippen LogP contribution >= 0.6 is 0 Å². The standard InChI is InChI=1S/C60H35B2N3O/c1-4-14-36(15-5-1)38-24-28-50-47(32-38)61-45-20-10-12-22-49(45)63(40-18-8-3-9-19-40)52-30-26-41-43-34-44-42-27-31-56-58-60(42)65(54(44)35-53(43)64(50)59(41)57(52)61)51-29-25-39(37-16-6-2-7-17-37)33-48(51)62(58)46-21-11-13-23-55(46)66-56/h1-35H. The molecule has 0 saturated carbocycles. The molecule has 0 bridgehead atoms. The molecule has 0 amide bonds. The first-order valence-electron chi connectivity index (χ1n) is 23.0. The minimum absolute atomic E-state index is 0.0309. The van der Waals surface area contributed by atoms with Crippen LogP contribution in [-0.2, 0) is 0 Å². The molecular formula is C60H35B2N3O. The number of benzene rings is 10. The lowest BCUT2D eigenvalue weighted by Gasteiger charge is -2.40. The fourth-order valence-electron chi connectivity index (χ4n) is 12.5. The SMILES string of the molecule is c1ccc(-c2ccc3c(c2)B2c4ccccc4Oc4ccc5c6cc7c8ccc9c%10c8n(c7cc6n-3c5c42)-c2ccc(-c3ccccc3)cc2B%10c2ccccc2N9c2ccccc2)cc1. The monoisotopic (exact) mass is 835 g/mol. The van der Waals surface area contributed by atoms with E-state index in [9.17, 15) is 0 Å². The van der Waals surface area contributed by atoms with Crippen molar-refractivity contribution in [2.24, 2.45) is 0 Å². The second kappa shape index (κ2) is 12.6. The van der Waals surface area contributed by atoms with E-state index in [-0.39, 0.29) is 13.4 Å². The second-order valence-corrected chi connectivity index (χ2v) is 18.3. The molecule has 2 aromatic heterocycles. The van der Waals surface area contributed by atoms with Gasteiger partial charge in [-0.1, -0.05) is 146 Å². The molecule has 302 valence electrons. The molecule has 4 aliphatic rings. The van der Waals surface area contributed by atoms with Crippen LogP contribution in [0.25, 0.3) is 77.2 Å². The van der Waals surface area contributed by atoms with E-state index in [1.165, 1.54) is 121 Å². The smallest absolute Gasteiger partial charge is 0.256 e. The number of hydrogen-bond donors (Lipinski definition) is 0. The molecule has 16 rings (SSSR count). The minimum Gasteiger partial charge on any atom is -0.458 e. The Morgan fingerprint density at radius 2 is 0.848 bits per heavy atom. The summed E-state index contributed by atoms with van der Waals surface area (Å²) in [5.41, 5.74) is 23.6. The quantitative estimate of drug-likeness (QED) is 0.166. The van der Waals surface area contributed by atoms with E-state index < -0.39 is 0 Å². The highest BCUT2D eigenvalue weighted by molar-refractivity contribution is 7.01. The van der Waals surface area contributed by atoms with E-state index >= 15 is 0 Å². The van der Waals surface area contributed by atoms with Crippen molar-refractivity contribution in [2.75, 3.05) is 4.90 Å². The fraction of sp³-hybridized carbons (Fsp3) is 0. The van der Waals surface area contributed by atoms with Crippen molar-refractivity contribution in [3.63, 3.8) is 0 Å². The topological polar surface area (TPSA) is 22.3 Å². The zero-order chi connectivity index (χ0) is 42.8. The lowest BCUT2D eigenvalue weighted by atomic mass is 9.33. The normalized spacial score (nSPS) is 13.5. The summed E-state index contributed by atoms with van der Waals surface area (Å²) in [4.78, 5) is 2.49.